The summed E-state index contributed by atoms with van der Waals surface area (Å²) in [4.78, 5) is 31.0. The lowest BCUT2D eigenvalue weighted by atomic mass is 10.00. The van der Waals surface area contributed by atoms with Gasteiger partial charge in [-0.05, 0) is 47.9 Å². The van der Waals surface area contributed by atoms with Crippen molar-refractivity contribution in [2.45, 2.75) is 6.92 Å². The number of urea groups is 1. The molecular formula is C18H22N4O2. The van der Waals surface area contributed by atoms with Crippen LogP contribution in [0.15, 0.2) is 36.5 Å². The van der Waals surface area contributed by atoms with Gasteiger partial charge in [-0.1, -0.05) is 6.07 Å². The Balaban J connectivity index is 2.40. The molecule has 0 aliphatic carbocycles. The molecule has 0 radical (unpaired) electrons. The van der Waals surface area contributed by atoms with Crippen LogP contribution in [0.5, 0.6) is 0 Å². The predicted octanol–water partition coefficient (Wildman–Crippen LogP) is 2.85. The van der Waals surface area contributed by atoms with Gasteiger partial charge in [0.05, 0.1) is 0 Å². The van der Waals surface area contributed by atoms with E-state index < -0.39 is 0 Å². The molecule has 0 spiro atoms. The second-order valence-electron chi connectivity index (χ2n) is 5.98. The van der Waals surface area contributed by atoms with Gasteiger partial charge in [0.1, 0.15) is 5.69 Å². The van der Waals surface area contributed by atoms with E-state index in [0.717, 1.165) is 16.7 Å². The lowest BCUT2D eigenvalue weighted by molar-refractivity contribution is 0.0822. The number of hydrogen-bond acceptors (Lipinski definition) is 3. The smallest absolute Gasteiger partial charge is 0.321 e. The average Bonchev–Trinajstić information content (AvgIpc) is 2.55. The Kier molecular flexibility index (Phi) is 5.18. The molecule has 0 saturated carbocycles. The molecule has 0 aliphatic rings. The van der Waals surface area contributed by atoms with Gasteiger partial charge in [-0.15, -0.1) is 0 Å². The summed E-state index contributed by atoms with van der Waals surface area (Å²) < 4.78 is 0. The second kappa shape index (κ2) is 7.12. The minimum absolute atomic E-state index is 0.147. The molecule has 6 nitrogen and oxygen atoms in total. The number of carbonyl (C=O) groups excluding carboxylic acids is 2. The molecular weight excluding hydrogens is 304 g/mol. The molecule has 24 heavy (non-hydrogen) atoms. The third kappa shape index (κ3) is 3.90. The van der Waals surface area contributed by atoms with E-state index in [1.165, 1.54) is 9.80 Å². The quantitative estimate of drug-likeness (QED) is 0.943. The number of pyridine rings is 1. The Bertz CT molecular complexity index is 769. The minimum Gasteiger partial charge on any atom is -0.343 e. The highest BCUT2D eigenvalue weighted by atomic mass is 16.2. The molecule has 126 valence electrons. The van der Waals surface area contributed by atoms with E-state index in [4.69, 9.17) is 0 Å². The Morgan fingerprint density at radius 2 is 1.71 bits per heavy atom. The SMILES string of the molecule is Cc1ccc(NC(=O)N(C)C)cc1-c1ccnc(C(=O)N(C)C)c1. The number of hydrogen-bond donors (Lipinski definition) is 1. The van der Waals surface area contributed by atoms with E-state index in [0.29, 0.717) is 11.4 Å². The molecule has 3 amide bonds. The zero-order chi connectivity index (χ0) is 17.9. The molecule has 0 saturated heterocycles. The van der Waals surface area contributed by atoms with Crippen LogP contribution in [0.25, 0.3) is 11.1 Å². The second-order valence-corrected chi connectivity index (χ2v) is 5.98. The fraction of sp³-hybridized carbons (Fsp3) is 0.278. The summed E-state index contributed by atoms with van der Waals surface area (Å²) in [5.41, 5.74) is 3.97. The van der Waals surface area contributed by atoms with E-state index >= 15 is 0 Å². The van der Waals surface area contributed by atoms with Crippen LogP contribution in [0.1, 0.15) is 16.1 Å². The maximum atomic E-state index is 12.1. The van der Waals surface area contributed by atoms with E-state index in [1.807, 2.05) is 31.2 Å². The van der Waals surface area contributed by atoms with Crippen LogP contribution < -0.4 is 5.32 Å². The van der Waals surface area contributed by atoms with Crippen molar-refractivity contribution in [1.29, 1.82) is 0 Å². The first kappa shape index (κ1) is 17.5. The molecule has 0 bridgehead atoms. The summed E-state index contributed by atoms with van der Waals surface area (Å²) in [6.45, 7) is 1.99. The van der Waals surface area contributed by atoms with Gasteiger partial charge in [0.2, 0.25) is 0 Å². The fourth-order valence-electron chi connectivity index (χ4n) is 2.19. The maximum absolute atomic E-state index is 12.1. The number of nitrogens with one attached hydrogen (secondary N) is 1. The minimum atomic E-state index is -0.192. The number of benzene rings is 1. The van der Waals surface area contributed by atoms with Crippen LogP contribution in [-0.4, -0.2) is 54.9 Å². The largest absolute Gasteiger partial charge is 0.343 e. The first-order valence-corrected chi connectivity index (χ1v) is 7.56. The molecule has 0 unspecified atom stereocenters. The van der Waals surface area contributed by atoms with Crippen LogP contribution in [0.2, 0.25) is 0 Å². The van der Waals surface area contributed by atoms with Gasteiger partial charge >= 0.3 is 6.03 Å². The van der Waals surface area contributed by atoms with Gasteiger partial charge in [0.15, 0.2) is 0 Å². The molecule has 0 fully saturated rings. The topological polar surface area (TPSA) is 65.5 Å². The van der Waals surface area contributed by atoms with Gasteiger partial charge in [0, 0.05) is 40.1 Å². The molecule has 1 aromatic heterocycles. The number of amides is 3. The normalized spacial score (nSPS) is 10.2. The zero-order valence-electron chi connectivity index (χ0n) is 14.6. The van der Waals surface area contributed by atoms with E-state index in [-0.39, 0.29) is 11.9 Å². The van der Waals surface area contributed by atoms with Crippen molar-refractivity contribution < 1.29 is 9.59 Å². The molecule has 2 rings (SSSR count). The van der Waals surface area contributed by atoms with Crippen molar-refractivity contribution in [3.8, 4) is 11.1 Å². The van der Waals surface area contributed by atoms with Crippen LogP contribution in [0.4, 0.5) is 10.5 Å². The van der Waals surface area contributed by atoms with Crippen molar-refractivity contribution in [1.82, 2.24) is 14.8 Å². The molecule has 1 aromatic carbocycles. The van der Waals surface area contributed by atoms with Gasteiger partial charge < -0.3 is 15.1 Å². The number of aromatic nitrogens is 1. The monoisotopic (exact) mass is 326 g/mol. The van der Waals surface area contributed by atoms with Crippen molar-refractivity contribution in [2.24, 2.45) is 0 Å². The Labute approximate surface area is 142 Å². The summed E-state index contributed by atoms with van der Waals surface area (Å²) in [5, 5.41) is 2.83. The number of anilines is 1. The summed E-state index contributed by atoms with van der Waals surface area (Å²) in [6, 6.07) is 9.12. The van der Waals surface area contributed by atoms with Crippen molar-refractivity contribution in [3.05, 3.63) is 47.8 Å². The zero-order valence-corrected chi connectivity index (χ0v) is 14.6. The molecule has 0 aliphatic heterocycles. The van der Waals surface area contributed by atoms with Crippen molar-refractivity contribution >= 4 is 17.6 Å². The highest BCUT2D eigenvalue weighted by Crippen LogP contribution is 2.27. The van der Waals surface area contributed by atoms with Gasteiger partial charge in [-0.3, -0.25) is 9.78 Å². The fourth-order valence-corrected chi connectivity index (χ4v) is 2.19. The highest BCUT2D eigenvalue weighted by molar-refractivity contribution is 5.94. The predicted molar refractivity (Wildman–Crippen MR) is 95.1 cm³/mol. The van der Waals surface area contributed by atoms with Crippen molar-refractivity contribution in [2.75, 3.05) is 33.5 Å². The third-order valence-electron chi connectivity index (χ3n) is 3.59. The number of rotatable bonds is 3. The lowest BCUT2D eigenvalue weighted by Gasteiger charge is -2.15. The molecule has 6 heteroatoms. The van der Waals surface area contributed by atoms with E-state index in [1.54, 1.807) is 40.5 Å². The maximum Gasteiger partial charge on any atom is 0.321 e. The van der Waals surface area contributed by atoms with Crippen LogP contribution >= 0.6 is 0 Å². The molecule has 1 N–H and O–H groups in total. The standard InChI is InChI=1S/C18H22N4O2/c1-12-6-7-14(20-18(24)22(4)5)11-15(12)13-8-9-19-16(10-13)17(23)21(2)3/h6-11H,1-5H3,(H,20,24). The molecule has 0 atom stereocenters. The Morgan fingerprint density at radius 1 is 1.00 bits per heavy atom. The van der Waals surface area contributed by atoms with Crippen LogP contribution in [0.3, 0.4) is 0 Å². The number of nitrogens with zero attached hydrogens (tertiary/aromatic N) is 3. The van der Waals surface area contributed by atoms with Crippen LogP contribution in [0, 0.1) is 6.92 Å². The molecule has 2 aromatic rings. The first-order chi connectivity index (χ1) is 11.3. The summed E-state index contributed by atoms with van der Waals surface area (Å²) in [6.07, 6.45) is 1.62. The van der Waals surface area contributed by atoms with Gasteiger partial charge in [-0.2, -0.15) is 0 Å². The van der Waals surface area contributed by atoms with E-state index in [2.05, 4.69) is 10.3 Å². The molecule has 1 heterocycles. The van der Waals surface area contributed by atoms with Gasteiger partial charge in [0.25, 0.3) is 5.91 Å². The number of carbonyl (C=O) groups is 2. The third-order valence-corrected chi connectivity index (χ3v) is 3.59. The Morgan fingerprint density at radius 3 is 2.33 bits per heavy atom. The number of aryl methyl sites for hydroxylation is 1. The highest BCUT2D eigenvalue weighted by Gasteiger charge is 2.12. The van der Waals surface area contributed by atoms with Crippen LogP contribution in [-0.2, 0) is 0 Å². The summed E-state index contributed by atoms with van der Waals surface area (Å²) in [5.74, 6) is -0.147. The van der Waals surface area contributed by atoms with E-state index in [9.17, 15) is 9.59 Å². The first-order valence-electron chi connectivity index (χ1n) is 7.56. The van der Waals surface area contributed by atoms with Crippen molar-refractivity contribution in [3.63, 3.8) is 0 Å². The summed E-state index contributed by atoms with van der Waals surface area (Å²) in [7, 11) is 6.76. The Hall–Kier alpha value is -2.89. The lowest BCUT2D eigenvalue weighted by Crippen LogP contribution is -2.27. The summed E-state index contributed by atoms with van der Waals surface area (Å²) >= 11 is 0. The average molecular weight is 326 g/mol. The van der Waals surface area contributed by atoms with Gasteiger partial charge in [-0.25, -0.2) is 4.79 Å².